The fourth-order valence-electron chi connectivity index (χ4n) is 3.61. The lowest BCUT2D eigenvalue weighted by Gasteiger charge is -2.40. The van der Waals surface area contributed by atoms with Gasteiger partial charge in [0, 0.05) is 38.4 Å². The van der Waals surface area contributed by atoms with Gasteiger partial charge in [-0.05, 0) is 42.6 Å². The van der Waals surface area contributed by atoms with E-state index in [1.807, 2.05) is 31.1 Å². The monoisotopic (exact) mass is 472 g/mol. The van der Waals surface area contributed by atoms with Gasteiger partial charge in [-0.3, -0.25) is 14.4 Å². The van der Waals surface area contributed by atoms with Gasteiger partial charge in [0.05, 0.1) is 18.5 Å². The van der Waals surface area contributed by atoms with Crippen LogP contribution in [0.3, 0.4) is 0 Å². The lowest BCUT2D eigenvalue weighted by Crippen LogP contribution is -2.62. The predicted octanol–water partition coefficient (Wildman–Crippen LogP) is 1.46. The molecule has 1 N–H and O–H groups in total. The van der Waals surface area contributed by atoms with Crippen LogP contribution >= 0.6 is 11.3 Å². The number of thiophene rings is 1. The maximum atomic E-state index is 13.1. The van der Waals surface area contributed by atoms with Gasteiger partial charge in [0.25, 0.3) is 11.8 Å². The summed E-state index contributed by atoms with van der Waals surface area (Å²) >= 11 is 1.29. The van der Waals surface area contributed by atoms with Gasteiger partial charge < -0.3 is 24.8 Å². The van der Waals surface area contributed by atoms with E-state index in [1.165, 1.54) is 30.3 Å². The Kier molecular flexibility index (Phi) is 7.70. The Morgan fingerprint density at radius 1 is 1.09 bits per heavy atom. The summed E-state index contributed by atoms with van der Waals surface area (Å²) in [5.74, 6) is -1.61. The summed E-state index contributed by atoms with van der Waals surface area (Å²) in [6, 6.07) is 8.84. The van der Waals surface area contributed by atoms with Crippen LogP contribution in [0.15, 0.2) is 41.8 Å². The molecule has 1 fully saturated rings. The van der Waals surface area contributed by atoms with Gasteiger partial charge in [0.15, 0.2) is 0 Å². The van der Waals surface area contributed by atoms with Crippen LogP contribution in [-0.2, 0) is 14.3 Å². The highest BCUT2D eigenvalue weighted by molar-refractivity contribution is 7.12. The Hall–Kier alpha value is -3.40. The zero-order chi connectivity index (χ0) is 24.1. The number of rotatable bonds is 6. The van der Waals surface area contributed by atoms with E-state index in [2.05, 4.69) is 10.1 Å². The highest BCUT2D eigenvalue weighted by Gasteiger charge is 2.38. The normalized spacial score (nSPS) is 16.7. The minimum Gasteiger partial charge on any atom is -0.467 e. The zero-order valence-electron chi connectivity index (χ0n) is 19.1. The number of anilines is 1. The predicted molar refractivity (Wildman–Crippen MR) is 125 cm³/mol. The van der Waals surface area contributed by atoms with Gasteiger partial charge in [-0.1, -0.05) is 6.07 Å². The van der Waals surface area contributed by atoms with E-state index in [4.69, 9.17) is 0 Å². The van der Waals surface area contributed by atoms with Crippen molar-refractivity contribution < 1.29 is 23.9 Å². The van der Waals surface area contributed by atoms with Gasteiger partial charge in [-0.2, -0.15) is 0 Å². The van der Waals surface area contributed by atoms with Gasteiger partial charge >= 0.3 is 5.97 Å². The molecule has 2 aromatic rings. The number of nitrogens with zero attached hydrogens (tertiary/aromatic N) is 3. The summed E-state index contributed by atoms with van der Waals surface area (Å²) in [6.07, 6.45) is 0. The maximum Gasteiger partial charge on any atom is 0.328 e. The highest BCUT2D eigenvalue weighted by atomic mass is 32.1. The number of benzene rings is 1. The number of carbonyl (C=O) groups is 4. The van der Waals surface area contributed by atoms with Crippen LogP contribution in [0.5, 0.6) is 0 Å². The first-order valence-corrected chi connectivity index (χ1v) is 11.4. The van der Waals surface area contributed by atoms with Crippen LogP contribution in [0.2, 0.25) is 0 Å². The number of methoxy groups -OCH3 is 1. The van der Waals surface area contributed by atoms with Gasteiger partial charge in [-0.25, -0.2) is 4.79 Å². The molecule has 33 heavy (non-hydrogen) atoms. The van der Waals surface area contributed by atoms with Crippen molar-refractivity contribution in [2.24, 2.45) is 0 Å². The number of ether oxygens (including phenoxy) is 1. The Balaban J connectivity index is 1.81. The quantitative estimate of drug-likeness (QED) is 0.639. The Labute approximate surface area is 196 Å². The number of hydrogen-bond acceptors (Lipinski definition) is 7. The molecule has 0 radical (unpaired) electrons. The third-order valence-electron chi connectivity index (χ3n) is 5.51. The largest absolute Gasteiger partial charge is 0.467 e. The molecule has 176 valence electrons. The molecule has 1 aromatic heterocycles. The number of nitrogens with one attached hydrogen (secondary N) is 1. The second-order valence-electron chi connectivity index (χ2n) is 7.94. The second kappa shape index (κ2) is 10.5. The molecule has 1 aliphatic heterocycles. The standard InChI is InChI=1S/C23H28N4O5S/c1-15(23(31)32-4)24-20(28)18-14-26(11-12-27(18)22(30)19-6-5-13-33-19)21(29)16-7-9-17(10-8-16)25(2)3/h5-10,13,15,18H,11-12,14H2,1-4H3,(H,24,28)/t15-,18+/m1/s1. The second-order valence-corrected chi connectivity index (χ2v) is 8.89. The molecular formula is C23H28N4O5S. The molecule has 0 unspecified atom stereocenters. The van der Waals surface area contributed by atoms with Crippen LogP contribution in [0, 0.1) is 0 Å². The van der Waals surface area contributed by atoms with Gasteiger partial charge in [0.2, 0.25) is 5.91 Å². The number of carbonyl (C=O) groups excluding carboxylic acids is 4. The summed E-state index contributed by atoms with van der Waals surface area (Å²) in [7, 11) is 5.07. The SMILES string of the molecule is COC(=O)[C@@H](C)NC(=O)[C@@H]1CN(C(=O)c2ccc(N(C)C)cc2)CCN1C(=O)c1cccs1. The van der Waals surface area contributed by atoms with Crippen molar-refractivity contribution >= 4 is 40.7 Å². The third-order valence-corrected chi connectivity index (χ3v) is 6.37. The lowest BCUT2D eigenvalue weighted by atomic mass is 10.1. The maximum absolute atomic E-state index is 13.1. The molecule has 1 aliphatic rings. The molecule has 0 bridgehead atoms. The molecule has 1 aromatic carbocycles. The average Bonchev–Trinajstić information content (AvgIpc) is 3.37. The molecule has 10 heteroatoms. The molecular weight excluding hydrogens is 444 g/mol. The number of piperazine rings is 1. The van der Waals surface area contributed by atoms with Gasteiger partial charge in [-0.15, -0.1) is 11.3 Å². The number of hydrogen-bond donors (Lipinski definition) is 1. The van der Waals surface area contributed by atoms with E-state index in [0.29, 0.717) is 17.0 Å². The van der Waals surface area contributed by atoms with E-state index < -0.39 is 24.0 Å². The number of esters is 1. The average molecular weight is 473 g/mol. The summed E-state index contributed by atoms with van der Waals surface area (Å²) in [5, 5.41) is 4.39. The first-order valence-electron chi connectivity index (χ1n) is 10.5. The number of amides is 3. The van der Waals surface area contributed by atoms with E-state index in [1.54, 1.807) is 34.5 Å². The minimum absolute atomic E-state index is 0.0190. The summed E-state index contributed by atoms with van der Waals surface area (Å²) in [4.78, 5) is 56.5. The van der Waals surface area contributed by atoms with Crippen LogP contribution in [0.25, 0.3) is 0 Å². The first kappa shape index (κ1) is 24.2. The lowest BCUT2D eigenvalue weighted by molar-refractivity contribution is -0.145. The Bertz CT molecular complexity index is 1010. The molecule has 3 rings (SSSR count). The van der Waals surface area contributed by atoms with E-state index >= 15 is 0 Å². The van der Waals surface area contributed by atoms with E-state index in [-0.39, 0.29) is 24.9 Å². The zero-order valence-corrected chi connectivity index (χ0v) is 19.9. The van der Waals surface area contributed by atoms with Gasteiger partial charge in [0.1, 0.15) is 12.1 Å². The van der Waals surface area contributed by atoms with Crippen LogP contribution in [0.4, 0.5) is 5.69 Å². The van der Waals surface area contributed by atoms with E-state index in [0.717, 1.165) is 5.69 Å². The topological polar surface area (TPSA) is 99.3 Å². The molecule has 2 atom stereocenters. The smallest absolute Gasteiger partial charge is 0.328 e. The molecule has 9 nitrogen and oxygen atoms in total. The molecule has 0 saturated carbocycles. The summed E-state index contributed by atoms with van der Waals surface area (Å²) in [6.45, 7) is 2.02. The van der Waals surface area contributed by atoms with Crippen LogP contribution in [-0.4, -0.2) is 86.4 Å². The van der Waals surface area contributed by atoms with E-state index in [9.17, 15) is 19.2 Å². The van der Waals surface area contributed by atoms with Crippen molar-refractivity contribution in [2.75, 3.05) is 45.7 Å². The van der Waals surface area contributed by atoms with Crippen molar-refractivity contribution in [3.05, 3.63) is 52.2 Å². The molecule has 0 aliphatic carbocycles. The van der Waals surface area contributed by atoms with Crippen LogP contribution in [0.1, 0.15) is 27.0 Å². The van der Waals surface area contributed by atoms with Crippen molar-refractivity contribution in [2.45, 2.75) is 19.0 Å². The highest BCUT2D eigenvalue weighted by Crippen LogP contribution is 2.20. The Morgan fingerprint density at radius 2 is 1.79 bits per heavy atom. The fraction of sp³-hybridized carbons (Fsp3) is 0.391. The van der Waals surface area contributed by atoms with Crippen molar-refractivity contribution in [3.8, 4) is 0 Å². The Morgan fingerprint density at radius 3 is 2.36 bits per heavy atom. The van der Waals surface area contributed by atoms with Crippen LogP contribution < -0.4 is 10.2 Å². The van der Waals surface area contributed by atoms with Crippen molar-refractivity contribution in [1.29, 1.82) is 0 Å². The third kappa shape index (κ3) is 5.51. The minimum atomic E-state index is -0.939. The van der Waals surface area contributed by atoms with Crippen molar-refractivity contribution in [1.82, 2.24) is 15.1 Å². The molecule has 2 heterocycles. The first-order chi connectivity index (χ1) is 15.7. The molecule has 1 saturated heterocycles. The van der Waals surface area contributed by atoms with Crippen molar-refractivity contribution in [3.63, 3.8) is 0 Å². The summed E-state index contributed by atoms with van der Waals surface area (Å²) < 4.78 is 4.68. The summed E-state index contributed by atoms with van der Waals surface area (Å²) in [5.41, 5.74) is 1.47. The fourth-order valence-corrected chi connectivity index (χ4v) is 4.29. The molecule has 0 spiro atoms. The molecule has 3 amide bonds.